The molecule has 8 nitrogen and oxygen atoms in total. The van der Waals surface area contributed by atoms with E-state index in [1.807, 2.05) is 30.3 Å². The zero-order chi connectivity index (χ0) is 21.2. The summed E-state index contributed by atoms with van der Waals surface area (Å²) in [4.78, 5) is 36.6. The number of ether oxygens (including phenoxy) is 4. The fourth-order valence-electron chi connectivity index (χ4n) is 2.60. The lowest BCUT2D eigenvalue weighted by molar-refractivity contribution is -0.145. The molecular weight excluding hydrogens is 378 g/mol. The Morgan fingerprint density at radius 3 is 2.31 bits per heavy atom. The standard InChI is InChI=1S/C21H23NO7/c1-26-15-9-10-18(27-2)16(12-15)20(24)29-13-19(23)22-17(21(25)28-3)11-14-7-5-4-6-8-14/h4-10,12,17H,11,13H2,1-3H3,(H,22,23). The number of esters is 2. The van der Waals surface area contributed by atoms with Crippen LogP contribution in [0.1, 0.15) is 15.9 Å². The second-order valence-corrected chi connectivity index (χ2v) is 5.98. The van der Waals surface area contributed by atoms with Gasteiger partial charge in [0.1, 0.15) is 23.1 Å². The van der Waals surface area contributed by atoms with Crippen LogP contribution in [0.15, 0.2) is 48.5 Å². The number of benzene rings is 2. The predicted molar refractivity (Wildman–Crippen MR) is 104 cm³/mol. The Kier molecular flexibility index (Phi) is 8.02. The van der Waals surface area contributed by atoms with Crippen LogP contribution < -0.4 is 14.8 Å². The van der Waals surface area contributed by atoms with Crippen LogP contribution in [-0.4, -0.2) is 51.8 Å². The van der Waals surface area contributed by atoms with E-state index >= 15 is 0 Å². The molecule has 29 heavy (non-hydrogen) atoms. The summed E-state index contributed by atoms with van der Waals surface area (Å²) in [7, 11) is 4.11. The van der Waals surface area contributed by atoms with Gasteiger partial charge in [0.05, 0.1) is 21.3 Å². The van der Waals surface area contributed by atoms with E-state index in [1.165, 1.54) is 27.4 Å². The first-order valence-corrected chi connectivity index (χ1v) is 8.78. The number of amides is 1. The first kappa shape index (κ1) is 21.7. The Morgan fingerprint density at radius 2 is 1.69 bits per heavy atom. The number of carbonyl (C=O) groups excluding carboxylic acids is 3. The SMILES string of the molecule is COC(=O)C(Cc1ccccc1)NC(=O)COC(=O)c1cc(OC)ccc1OC. The molecule has 0 aliphatic rings. The molecule has 0 aliphatic carbocycles. The molecule has 2 aromatic carbocycles. The lowest BCUT2D eigenvalue weighted by atomic mass is 10.1. The van der Waals surface area contributed by atoms with Gasteiger partial charge in [0.15, 0.2) is 6.61 Å². The summed E-state index contributed by atoms with van der Waals surface area (Å²) in [6, 6.07) is 12.9. The number of rotatable bonds is 9. The van der Waals surface area contributed by atoms with Crippen LogP contribution in [0.4, 0.5) is 0 Å². The van der Waals surface area contributed by atoms with E-state index in [-0.39, 0.29) is 17.7 Å². The quantitative estimate of drug-likeness (QED) is 0.639. The smallest absolute Gasteiger partial charge is 0.342 e. The van der Waals surface area contributed by atoms with Crippen LogP contribution in [0.3, 0.4) is 0 Å². The Labute approximate surface area is 168 Å². The summed E-state index contributed by atoms with van der Waals surface area (Å²) in [6.07, 6.45) is 0.247. The normalized spacial score (nSPS) is 11.1. The Bertz CT molecular complexity index is 851. The third kappa shape index (κ3) is 6.24. The van der Waals surface area contributed by atoms with Crippen LogP contribution in [0.25, 0.3) is 0 Å². The van der Waals surface area contributed by atoms with Gasteiger partial charge < -0.3 is 24.3 Å². The zero-order valence-electron chi connectivity index (χ0n) is 16.5. The van der Waals surface area contributed by atoms with Crippen molar-refractivity contribution in [2.75, 3.05) is 27.9 Å². The molecule has 0 bridgehead atoms. The van der Waals surface area contributed by atoms with E-state index in [4.69, 9.17) is 18.9 Å². The van der Waals surface area contributed by atoms with Gasteiger partial charge in [-0.1, -0.05) is 30.3 Å². The number of hydrogen-bond acceptors (Lipinski definition) is 7. The Hall–Kier alpha value is -3.55. The average molecular weight is 401 g/mol. The van der Waals surface area contributed by atoms with Gasteiger partial charge in [-0.05, 0) is 23.8 Å². The molecule has 154 valence electrons. The van der Waals surface area contributed by atoms with Crippen molar-refractivity contribution >= 4 is 17.8 Å². The number of hydrogen-bond donors (Lipinski definition) is 1. The minimum Gasteiger partial charge on any atom is -0.497 e. The lowest BCUT2D eigenvalue weighted by Crippen LogP contribution is -2.44. The molecule has 0 spiro atoms. The van der Waals surface area contributed by atoms with Crippen molar-refractivity contribution in [2.24, 2.45) is 0 Å². The molecule has 0 aliphatic heterocycles. The van der Waals surface area contributed by atoms with Crippen LogP contribution in [-0.2, 0) is 25.5 Å². The first-order valence-electron chi connectivity index (χ1n) is 8.78. The van der Waals surface area contributed by atoms with Crippen molar-refractivity contribution in [3.63, 3.8) is 0 Å². The van der Waals surface area contributed by atoms with E-state index in [1.54, 1.807) is 12.1 Å². The van der Waals surface area contributed by atoms with Crippen molar-refractivity contribution < 1.29 is 33.3 Å². The summed E-state index contributed by atoms with van der Waals surface area (Å²) in [5.41, 5.74) is 0.967. The Morgan fingerprint density at radius 1 is 0.966 bits per heavy atom. The molecule has 1 amide bonds. The van der Waals surface area contributed by atoms with Crippen molar-refractivity contribution in [2.45, 2.75) is 12.5 Å². The molecule has 0 fully saturated rings. The molecule has 0 heterocycles. The highest BCUT2D eigenvalue weighted by Crippen LogP contribution is 2.24. The number of methoxy groups -OCH3 is 3. The molecule has 0 saturated carbocycles. The first-order chi connectivity index (χ1) is 14.0. The summed E-state index contributed by atoms with van der Waals surface area (Å²) < 4.78 is 20.0. The van der Waals surface area contributed by atoms with Crippen LogP contribution in [0.5, 0.6) is 11.5 Å². The van der Waals surface area contributed by atoms with Crippen LogP contribution in [0.2, 0.25) is 0 Å². The van der Waals surface area contributed by atoms with E-state index in [0.717, 1.165) is 5.56 Å². The number of carbonyl (C=O) groups is 3. The summed E-state index contributed by atoms with van der Waals surface area (Å²) in [6.45, 7) is -0.568. The van der Waals surface area contributed by atoms with Crippen molar-refractivity contribution in [3.8, 4) is 11.5 Å². The zero-order valence-corrected chi connectivity index (χ0v) is 16.5. The molecule has 1 unspecified atom stereocenters. The lowest BCUT2D eigenvalue weighted by Gasteiger charge is -2.17. The van der Waals surface area contributed by atoms with Gasteiger partial charge in [-0.25, -0.2) is 9.59 Å². The largest absolute Gasteiger partial charge is 0.497 e. The maximum Gasteiger partial charge on any atom is 0.342 e. The maximum absolute atomic E-state index is 12.3. The van der Waals surface area contributed by atoms with Crippen molar-refractivity contribution in [1.29, 1.82) is 0 Å². The third-order valence-corrected chi connectivity index (χ3v) is 4.06. The monoisotopic (exact) mass is 401 g/mol. The molecule has 1 N–H and O–H groups in total. The highest BCUT2D eigenvalue weighted by atomic mass is 16.5. The molecule has 0 radical (unpaired) electrons. The van der Waals surface area contributed by atoms with E-state index in [2.05, 4.69) is 5.32 Å². The van der Waals surface area contributed by atoms with Crippen LogP contribution in [0, 0.1) is 0 Å². The number of nitrogens with one attached hydrogen (secondary N) is 1. The van der Waals surface area contributed by atoms with Crippen molar-refractivity contribution in [3.05, 3.63) is 59.7 Å². The summed E-state index contributed by atoms with van der Waals surface area (Å²) >= 11 is 0. The minimum atomic E-state index is -0.903. The van der Waals surface area contributed by atoms with E-state index < -0.39 is 30.5 Å². The molecular formula is C21H23NO7. The Balaban J connectivity index is 1.99. The van der Waals surface area contributed by atoms with E-state index in [9.17, 15) is 14.4 Å². The molecule has 1 atom stereocenters. The van der Waals surface area contributed by atoms with Crippen LogP contribution >= 0.6 is 0 Å². The fraction of sp³-hybridized carbons (Fsp3) is 0.286. The fourth-order valence-corrected chi connectivity index (χ4v) is 2.60. The molecule has 2 rings (SSSR count). The second kappa shape index (κ2) is 10.7. The summed E-state index contributed by atoms with van der Waals surface area (Å²) in [5, 5.41) is 2.53. The van der Waals surface area contributed by atoms with Gasteiger partial charge >= 0.3 is 11.9 Å². The summed E-state index contributed by atoms with van der Waals surface area (Å²) in [5.74, 6) is -1.26. The maximum atomic E-state index is 12.3. The minimum absolute atomic E-state index is 0.119. The molecule has 0 saturated heterocycles. The van der Waals surface area contributed by atoms with Crippen molar-refractivity contribution in [1.82, 2.24) is 5.32 Å². The molecule has 2 aromatic rings. The van der Waals surface area contributed by atoms with E-state index in [0.29, 0.717) is 5.75 Å². The van der Waals surface area contributed by atoms with Gasteiger partial charge in [0.25, 0.3) is 5.91 Å². The molecule has 0 aromatic heterocycles. The van der Waals surface area contributed by atoms with Gasteiger partial charge in [0, 0.05) is 6.42 Å². The third-order valence-electron chi connectivity index (χ3n) is 4.06. The highest BCUT2D eigenvalue weighted by Gasteiger charge is 2.23. The average Bonchev–Trinajstić information content (AvgIpc) is 2.76. The van der Waals surface area contributed by atoms with Gasteiger partial charge in [-0.3, -0.25) is 4.79 Å². The van der Waals surface area contributed by atoms with Gasteiger partial charge in [0.2, 0.25) is 0 Å². The van der Waals surface area contributed by atoms with Gasteiger partial charge in [-0.2, -0.15) is 0 Å². The second-order valence-electron chi connectivity index (χ2n) is 5.98. The topological polar surface area (TPSA) is 100 Å². The molecule has 8 heteroatoms. The highest BCUT2D eigenvalue weighted by molar-refractivity contribution is 5.95. The van der Waals surface area contributed by atoms with Gasteiger partial charge in [-0.15, -0.1) is 0 Å². The predicted octanol–water partition coefficient (Wildman–Crippen LogP) is 1.76.